The van der Waals surface area contributed by atoms with Gasteiger partial charge in [-0.1, -0.05) is 18.7 Å². The second kappa shape index (κ2) is 8.73. The average molecular weight is 329 g/mol. The van der Waals surface area contributed by atoms with Gasteiger partial charge in [0.25, 0.3) is 0 Å². The summed E-state index contributed by atoms with van der Waals surface area (Å²) in [5.41, 5.74) is 2.06. The lowest BCUT2D eigenvalue weighted by Crippen LogP contribution is -2.36. The molecule has 0 atom stereocenters. The van der Waals surface area contributed by atoms with Crippen LogP contribution in [-0.4, -0.2) is 62.7 Å². The fraction of sp³-hybridized carbons (Fsp3) is 0.444. The van der Waals surface area contributed by atoms with Crippen LogP contribution in [0.5, 0.6) is 0 Å². The molecule has 0 saturated carbocycles. The Hall–Kier alpha value is -2.02. The third-order valence-electron chi connectivity index (χ3n) is 3.93. The number of morpholine rings is 1. The monoisotopic (exact) mass is 329 g/mol. The van der Waals surface area contributed by atoms with Gasteiger partial charge >= 0.3 is 0 Å². The molecule has 6 nitrogen and oxygen atoms in total. The van der Waals surface area contributed by atoms with E-state index >= 15 is 0 Å². The minimum Gasteiger partial charge on any atom is -0.378 e. The zero-order valence-electron chi connectivity index (χ0n) is 13.8. The van der Waals surface area contributed by atoms with E-state index in [4.69, 9.17) is 14.2 Å². The zero-order chi connectivity index (χ0) is 16.6. The molecule has 24 heavy (non-hydrogen) atoms. The van der Waals surface area contributed by atoms with Crippen LogP contribution >= 0.6 is 0 Å². The van der Waals surface area contributed by atoms with Crippen molar-refractivity contribution < 1.29 is 14.2 Å². The lowest BCUT2D eigenvalue weighted by atomic mass is 10.1. The van der Waals surface area contributed by atoms with Gasteiger partial charge in [0.15, 0.2) is 0 Å². The van der Waals surface area contributed by atoms with Crippen molar-refractivity contribution in [2.24, 2.45) is 0 Å². The molecule has 0 unspecified atom stereocenters. The number of ether oxygens (including phenoxy) is 3. The van der Waals surface area contributed by atoms with E-state index in [2.05, 4.69) is 27.5 Å². The number of nitrogens with zero attached hydrogens (tertiary/aromatic N) is 3. The van der Waals surface area contributed by atoms with Crippen molar-refractivity contribution in [3.05, 3.63) is 36.7 Å². The Morgan fingerprint density at radius 3 is 2.21 bits per heavy atom. The smallest absolute Gasteiger partial charge is 0.140 e. The molecule has 6 heteroatoms. The molecule has 0 aliphatic carbocycles. The quantitative estimate of drug-likeness (QED) is 0.841. The minimum absolute atomic E-state index is 0.757. The van der Waals surface area contributed by atoms with Gasteiger partial charge in [-0.15, -0.1) is 0 Å². The van der Waals surface area contributed by atoms with Crippen LogP contribution < -0.4 is 4.90 Å². The maximum Gasteiger partial charge on any atom is 0.140 e. The van der Waals surface area contributed by atoms with E-state index in [-0.39, 0.29) is 0 Å². The van der Waals surface area contributed by atoms with Gasteiger partial charge in [0, 0.05) is 18.5 Å². The Balaban J connectivity index is 0.000000238. The molecule has 0 radical (unpaired) electrons. The fourth-order valence-electron chi connectivity index (χ4n) is 2.65. The fourth-order valence-corrected chi connectivity index (χ4v) is 2.65. The van der Waals surface area contributed by atoms with Gasteiger partial charge in [-0.2, -0.15) is 0 Å². The van der Waals surface area contributed by atoms with Gasteiger partial charge < -0.3 is 19.1 Å². The molecule has 2 aromatic rings. The summed E-state index contributed by atoms with van der Waals surface area (Å²) in [6.45, 7) is 10.2. The van der Waals surface area contributed by atoms with Gasteiger partial charge in [-0.05, 0) is 17.7 Å². The predicted molar refractivity (Wildman–Crippen MR) is 94.3 cm³/mol. The molecule has 0 spiro atoms. The third kappa shape index (κ3) is 4.29. The number of anilines is 1. The molecule has 2 aliphatic rings. The van der Waals surface area contributed by atoms with Crippen molar-refractivity contribution in [2.75, 3.05) is 57.6 Å². The summed E-state index contributed by atoms with van der Waals surface area (Å²) in [5.74, 6) is 0.993. The lowest BCUT2D eigenvalue weighted by Gasteiger charge is -2.28. The third-order valence-corrected chi connectivity index (χ3v) is 3.93. The Bertz CT molecular complexity index is 656. The maximum absolute atomic E-state index is 5.38. The van der Waals surface area contributed by atoms with Crippen LogP contribution in [0.4, 0.5) is 5.82 Å². The average Bonchev–Trinajstić information content (AvgIpc) is 2.69. The van der Waals surface area contributed by atoms with Crippen LogP contribution in [0, 0.1) is 0 Å². The topological polar surface area (TPSA) is 56.7 Å². The summed E-state index contributed by atoms with van der Waals surface area (Å²) < 4.78 is 15.3. The molecular weight excluding hydrogens is 306 g/mol. The number of aromatic nitrogens is 2. The van der Waals surface area contributed by atoms with Crippen LogP contribution in [-0.2, 0) is 14.2 Å². The summed E-state index contributed by atoms with van der Waals surface area (Å²) >= 11 is 0. The van der Waals surface area contributed by atoms with Gasteiger partial charge in [0.2, 0.25) is 0 Å². The number of fused-ring (bicyclic) bond motifs is 1. The predicted octanol–water partition coefficient (Wildman–Crippen LogP) is 2.14. The van der Waals surface area contributed by atoms with E-state index in [1.54, 1.807) is 6.33 Å². The van der Waals surface area contributed by atoms with Crippen molar-refractivity contribution in [1.82, 2.24) is 9.97 Å². The maximum atomic E-state index is 5.38. The molecule has 2 fully saturated rings. The van der Waals surface area contributed by atoms with Crippen molar-refractivity contribution in [1.29, 1.82) is 0 Å². The van der Waals surface area contributed by atoms with E-state index in [0.29, 0.717) is 0 Å². The van der Waals surface area contributed by atoms with Crippen LogP contribution in [0.2, 0.25) is 0 Å². The molecule has 0 amide bonds. The van der Waals surface area contributed by atoms with Crippen LogP contribution in [0.15, 0.2) is 31.1 Å². The zero-order valence-corrected chi connectivity index (χ0v) is 13.8. The molecule has 2 aliphatic heterocycles. The van der Waals surface area contributed by atoms with Gasteiger partial charge in [-0.3, -0.25) is 0 Å². The first-order chi connectivity index (χ1) is 11.9. The van der Waals surface area contributed by atoms with Crippen LogP contribution in [0.25, 0.3) is 17.0 Å². The first-order valence-electron chi connectivity index (χ1n) is 8.24. The summed E-state index contributed by atoms with van der Waals surface area (Å²) in [7, 11) is 0. The highest BCUT2D eigenvalue weighted by Crippen LogP contribution is 2.24. The molecule has 0 bridgehead atoms. The minimum atomic E-state index is 0.757. The van der Waals surface area contributed by atoms with Crippen LogP contribution in [0.1, 0.15) is 5.56 Å². The number of rotatable bonds is 2. The van der Waals surface area contributed by atoms with Crippen molar-refractivity contribution in [3.63, 3.8) is 0 Å². The van der Waals surface area contributed by atoms with E-state index in [1.807, 2.05) is 18.2 Å². The Morgan fingerprint density at radius 1 is 0.917 bits per heavy atom. The van der Waals surface area contributed by atoms with E-state index in [1.165, 1.54) is 0 Å². The molecular formula is C18H23N3O3. The molecule has 1 aromatic carbocycles. The summed E-state index contributed by atoms with van der Waals surface area (Å²) in [6, 6.07) is 6.12. The number of hydrogen-bond donors (Lipinski definition) is 0. The summed E-state index contributed by atoms with van der Waals surface area (Å²) in [5, 5.41) is 1.08. The standard InChI is InChI=1S/C14H15N3O.C4H8O2/c1-2-11-3-4-13-12(9-11)14(16-10-15-13)17-5-7-18-8-6-17;1-2-6-4-3-5-1/h2-4,9-10H,1,5-8H2;1-4H2. The number of benzene rings is 1. The molecule has 4 rings (SSSR count). The van der Waals surface area contributed by atoms with Gasteiger partial charge in [-0.25, -0.2) is 9.97 Å². The van der Waals surface area contributed by atoms with Crippen molar-refractivity contribution in [2.45, 2.75) is 0 Å². The van der Waals surface area contributed by atoms with Crippen molar-refractivity contribution in [3.8, 4) is 0 Å². The highest BCUT2D eigenvalue weighted by molar-refractivity contribution is 5.91. The first-order valence-corrected chi connectivity index (χ1v) is 8.24. The second-order valence-corrected chi connectivity index (χ2v) is 5.50. The Morgan fingerprint density at radius 2 is 1.58 bits per heavy atom. The molecule has 1 aromatic heterocycles. The van der Waals surface area contributed by atoms with Gasteiger partial charge in [0.1, 0.15) is 12.1 Å². The van der Waals surface area contributed by atoms with E-state index in [9.17, 15) is 0 Å². The molecule has 3 heterocycles. The van der Waals surface area contributed by atoms with Gasteiger partial charge in [0.05, 0.1) is 45.2 Å². The van der Waals surface area contributed by atoms with Crippen molar-refractivity contribution >= 4 is 22.8 Å². The Kier molecular flexibility index (Phi) is 6.12. The SMILES string of the molecule is C1COCCO1.C=Cc1ccc2ncnc(N3CCOCC3)c2c1. The highest BCUT2D eigenvalue weighted by atomic mass is 16.6. The second-order valence-electron chi connectivity index (χ2n) is 5.50. The Labute approximate surface area is 142 Å². The van der Waals surface area contributed by atoms with E-state index in [0.717, 1.165) is 75.0 Å². The van der Waals surface area contributed by atoms with E-state index < -0.39 is 0 Å². The normalized spacial score (nSPS) is 17.9. The van der Waals surface area contributed by atoms with Crippen LogP contribution in [0.3, 0.4) is 0 Å². The molecule has 0 N–H and O–H groups in total. The lowest BCUT2D eigenvalue weighted by molar-refractivity contribution is -0.0334. The largest absolute Gasteiger partial charge is 0.378 e. The number of hydrogen-bond acceptors (Lipinski definition) is 6. The highest BCUT2D eigenvalue weighted by Gasteiger charge is 2.15. The molecule has 2 saturated heterocycles. The summed E-state index contributed by atoms with van der Waals surface area (Å²) in [6.07, 6.45) is 3.47. The first kappa shape index (κ1) is 16.8. The summed E-state index contributed by atoms with van der Waals surface area (Å²) in [4.78, 5) is 11.0. The molecule has 128 valence electrons.